The number of carbonyl (C=O) groups excluding carboxylic acids is 1. The predicted octanol–water partition coefficient (Wildman–Crippen LogP) is 2.81. The maximum Gasteiger partial charge on any atom is 0.240 e. The molecule has 0 aliphatic carbocycles. The van der Waals surface area contributed by atoms with Crippen LogP contribution in [0.5, 0.6) is 0 Å². The van der Waals surface area contributed by atoms with Gasteiger partial charge in [-0.3, -0.25) is 4.79 Å². The smallest absolute Gasteiger partial charge is 0.240 e. The van der Waals surface area contributed by atoms with Gasteiger partial charge in [-0.15, -0.1) is 0 Å². The number of hydrogen-bond acceptors (Lipinski definition) is 3. The van der Waals surface area contributed by atoms with Gasteiger partial charge in [0.05, 0.1) is 4.90 Å². The van der Waals surface area contributed by atoms with Crippen LogP contribution in [0.2, 0.25) is 5.02 Å². The molecule has 2 aromatic carbocycles. The largest absolute Gasteiger partial charge is 0.338 e. The fourth-order valence-electron chi connectivity index (χ4n) is 2.90. The van der Waals surface area contributed by atoms with Gasteiger partial charge in [0, 0.05) is 31.1 Å². The summed E-state index contributed by atoms with van der Waals surface area (Å²) in [5.41, 5.74) is 0.833. The second-order valence-corrected chi connectivity index (χ2v) is 8.48. The summed E-state index contributed by atoms with van der Waals surface area (Å²) in [5.74, 6) is -0.479. The Morgan fingerprint density at radius 3 is 2.62 bits per heavy atom. The third-order valence-electron chi connectivity index (χ3n) is 4.25. The molecular weight excluding hydrogens is 379 g/mol. The van der Waals surface area contributed by atoms with Crippen LogP contribution in [0.15, 0.2) is 53.4 Å². The third-order valence-corrected chi connectivity index (χ3v) is 5.91. The van der Waals surface area contributed by atoms with Crippen LogP contribution < -0.4 is 4.72 Å². The first-order valence-electron chi connectivity index (χ1n) is 8.11. The zero-order chi connectivity index (χ0) is 18.7. The molecule has 1 aliphatic rings. The van der Waals surface area contributed by atoms with Crippen LogP contribution in [0.3, 0.4) is 0 Å². The molecule has 1 amide bonds. The topological polar surface area (TPSA) is 66.5 Å². The number of nitrogens with zero attached hydrogens (tertiary/aromatic N) is 1. The molecule has 5 nitrogen and oxygen atoms in total. The maximum absolute atomic E-state index is 13.0. The summed E-state index contributed by atoms with van der Waals surface area (Å²) < 4.78 is 40.2. The van der Waals surface area contributed by atoms with Crippen molar-refractivity contribution in [2.45, 2.75) is 17.9 Å². The molecule has 8 heteroatoms. The van der Waals surface area contributed by atoms with E-state index in [1.54, 1.807) is 29.2 Å². The zero-order valence-corrected chi connectivity index (χ0v) is 15.4. The molecular formula is C18H18ClFN2O3S. The van der Waals surface area contributed by atoms with Crippen molar-refractivity contribution in [3.8, 4) is 0 Å². The standard InChI is InChI=1S/C18H18ClFN2O3S/c19-15-2-1-3-17(9-15)26(24,25)21-10-14-8-18(23)22(12-14)11-13-4-6-16(20)7-5-13/h1-7,9,14,21H,8,10-12H2/t14-/m1/s1. The Bertz CT molecular complexity index is 903. The Morgan fingerprint density at radius 1 is 1.19 bits per heavy atom. The van der Waals surface area contributed by atoms with Crippen molar-refractivity contribution in [2.75, 3.05) is 13.1 Å². The van der Waals surface area contributed by atoms with E-state index >= 15 is 0 Å². The summed E-state index contributed by atoms with van der Waals surface area (Å²) in [6.45, 7) is 1.01. The second-order valence-electron chi connectivity index (χ2n) is 6.28. The average molecular weight is 397 g/mol. The molecule has 3 rings (SSSR count). The van der Waals surface area contributed by atoms with Crippen LogP contribution in [-0.4, -0.2) is 32.3 Å². The van der Waals surface area contributed by atoms with Gasteiger partial charge in [0.1, 0.15) is 5.82 Å². The molecule has 1 heterocycles. The quantitative estimate of drug-likeness (QED) is 0.816. The van der Waals surface area contributed by atoms with Crippen molar-refractivity contribution in [3.05, 3.63) is 64.9 Å². The van der Waals surface area contributed by atoms with Crippen molar-refractivity contribution in [1.29, 1.82) is 0 Å². The van der Waals surface area contributed by atoms with E-state index < -0.39 is 10.0 Å². The number of benzene rings is 2. The third kappa shape index (κ3) is 4.60. The number of carbonyl (C=O) groups is 1. The van der Waals surface area contributed by atoms with Gasteiger partial charge in [0.25, 0.3) is 0 Å². The lowest BCUT2D eigenvalue weighted by atomic mass is 10.1. The molecule has 1 aliphatic heterocycles. The van der Waals surface area contributed by atoms with Gasteiger partial charge in [-0.05, 0) is 41.8 Å². The fourth-order valence-corrected chi connectivity index (χ4v) is 4.32. The highest BCUT2D eigenvalue weighted by Crippen LogP contribution is 2.21. The number of sulfonamides is 1. The highest BCUT2D eigenvalue weighted by atomic mass is 35.5. The molecule has 1 atom stereocenters. The minimum Gasteiger partial charge on any atom is -0.338 e. The molecule has 2 aromatic rings. The van der Waals surface area contributed by atoms with E-state index in [4.69, 9.17) is 11.6 Å². The molecule has 138 valence electrons. The lowest BCUT2D eigenvalue weighted by Crippen LogP contribution is -2.31. The Balaban J connectivity index is 1.58. The summed E-state index contributed by atoms with van der Waals surface area (Å²) in [6, 6.07) is 12.0. The van der Waals surface area contributed by atoms with Crippen LogP contribution >= 0.6 is 11.6 Å². The van der Waals surface area contributed by atoms with Crippen LogP contribution in [0, 0.1) is 11.7 Å². The van der Waals surface area contributed by atoms with E-state index in [0.717, 1.165) is 5.56 Å². The summed E-state index contributed by atoms with van der Waals surface area (Å²) in [5, 5.41) is 0.342. The molecule has 0 saturated carbocycles. The first kappa shape index (κ1) is 18.8. The molecule has 0 spiro atoms. The van der Waals surface area contributed by atoms with Gasteiger partial charge < -0.3 is 4.90 Å². The van der Waals surface area contributed by atoms with Crippen molar-refractivity contribution in [3.63, 3.8) is 0 Å². The monoisotopic (exact) mass is 396 g/mol. The number of halogens is 2. The Hall–Kier alpha value is -1.96. The van der Waals surface area contributed by atoms with Crippen LogP contribution in [-0.2, 0) is 21.4 Å². The highest BCUT2D eigenvalue weighted by molar-refractivity contribution is 7.89. The highest BCUT2D eigenvalue weighted by Gasteiger charge is 2.30. The molecule has 1 saturated heterocycles. The van der Waals surface area contributed by atoms with E-state index in [-0.39, 0.29) is 35.5 Å². The molecule has 1 N–H and O–H groups in total. The van der Waals surface area contributed by atoms with Crippen molar-refractivity contribution in [1.82, 2.24) is 9.62 Å². The molecule has 1 fully saturated rings. The SMILES string of the molecule is O=C1C[C@H](CNS(=O)(=O)c2cccc(Cl)c2)CN1Cc1ccc(F)cc1. The minimum atomic E-state index is -3.67. The Morgan fingerprint density at radius 2 is 1.92 bits per heavy atom. The van der Waals surface area contributed by atoms with Crippen LogP contribution in [0.4, 0.5) is 4.39 Å². The first-order valence-corrected chi connectivity index (χ1v) is 9.97. The normalized spacial score (nSPS) is 17.7. The molecule has 0 aromatic heterocycles. The van der Waals surface area contributed by atoms with Gasteiger partial charge in [0.15, 0.2) is 0 Å². The van der Waals surface area contributed by atoms with Crippen molar-refractivity contribution in [2.24, 2.45) is 5.92 Å². The maximum atomic E-state index is 13.0. The van der Waals surface area contributed by atoms with E-state index in [0.29, 0.717) is 18.1 Å². The number of rotatable bonds is 6. The number of nitrogens with one attached hydrogen (secondary N) is 1. The zero-order valence-electron chi connectivity index (χ0n) is 13.9. The first-order chi connectivity index (χ1) is 12.3. The van der Waals surface area contributed by atoms with E-state index in [1.807, 2.05) is 0 Å². The minimum absolute atomic E-state index is 0.0405. The van der Waals surface area contributed by atoms with Gasteiger partial charge in [-0.2, -0.15) is 0 Å². The lowest BCUT2D eigenvalue weighted by Gasteiger charge is -2.17. The van der Waals surface area contributed by atoms with Crippen molar-refractivity contribution >= 4 is 27.5 Å². The fraction of sp³-hybridized carbons (Fsp3) is 0.278. The van der Waals surface area contributed by atoms with E-state index in [2.05, 4.69) is 4.72 Å². The number of likely N-dealkylation sites (tertiary alicyclic amines) is 1. The van der Waals surface area contributed by atoms with Gasteiger partial charge in [-0.25, -0.2) is 17.5 Å². The van der Waals surface area contributed by atoms with Crippen molar-refractivity contribution < 1.29 is 17.6 Å². The lowest BCUT2D eigenvalue weighted by molar-refractivity contribution is -0.128. The van der Waals surface area contributed by atoms with E-state index in [9.17, 15) is 17.6 Å². The summed E-state index contributed by atoms with van der Waals surface area (Å²) in [6.07, 6.45) is 0.277. The Labute approximate surface area is 156 Å². The van der Waals surface area contributed by atoms with Crippen LogP contribution in [0.25, 0.3) is 0 Å². The summed E-state index contributed by atoms with van der Waals surface area (Å²) in [4.78, 5) is 13.9. The van der Waals surface area contributed by atoms with E-state index in [1.165, 1.54) is 24.3 Å². The molecule has 0 radical (unpaired) electrons. The molecule has 0 bridgehead atoms. The second kappa shape index (κ2) is 7.73. The number of hydrogen-bond donors (Lipinski definition) is 1. The Kier molecular flexibility index (Phi) is 5.60. The average Bonchev–Trinajstić information content (AvgIpc) is 2.95. The van der Waals surface area contributed by atoms with Gasteiger partial charge in [-0.1, -0.05) is 29.8 Å². The molecule has 26 heavy (non-hydrogen) atoms. The van der Waals surface area contributed by atoms with Gasteiger partial charge >= 0.3 is 0 Å². The number of amides is 1. The predicted molar refractivity (Wildman–Crippen MR) is 96.6 cm³/mol. The molecule has 0 unspecified atom stereocenters. The summed E-state index contributed by atoms with van der Waals surface area (Å²) in [7, 11) is -3.67. The van der Waals surface area contributed by atoms with Crippen LogP contribution in [0.1, 0.15) is 12.0 Å². The van der Waals surface area contributed by atoms with Gasteiger partial charge in [0.2, 0.25) is 15.9 Å². The summed E-state index contributed by atoms with van der Waals surface area (Å²) >= 11 is 5.84.